The number of rotatable bonds is 4. The van der Waals surface area contributed by atoms with E-state index in [1.54, 1.807) is 18.3 Å². The van der Waals surface area contributed by atoms with E-state index in [2.05, 4.69) is 15.1 Å². The van der Waals surface area contributed by atoms with Crippen LogP contribution in [0.25, 0.3) is 23.2 Å². The van der Waals surface area contributed by atoms with Gasteiger partial charge < -0.3 is 5.11 Å². The molecule has 0 spiro atoms. The van der Waals surface area contributed by atoms with Gasteiger partial charge in [0.25, 0.3) is 0 Å². The Morgan fingerprint density at radius 3 is 2.83 bits per heavy atom. The van der Waals surface area contributed by atoms with Crippen LogP contribution in [0.4, 0.5) is 0 Å². The molecule has 3 aromatic heterocycles. The van der Waals surface area contributed by atoms with Gasteiger partial charge in [0.15, 0.2) is 5.65 Å². The molecule has 0 aliphatic rings. The number of aromatic nitrogens is 4. The van der Waals surface area contributed by atoms with Crippen LogP contribution in [0, 0.1) is 0 Å². The van der Waals surface area contributed by atoms with Gasteiger partial charge in [0, 0.05) is 17.0 Å². The SMILES string of the molecule is CC(C)n1ncc2cc(C=Cc3ncc(C(=O)O)s3)c(Cl)nc21. The fraction of sp³-hybridized carbons (Fsp3) is 0.200. The summed E-state index contributed by atoms with van der Waals surface area (Å²) in [5.74, 6) is -0.982. The Balaban J connectivity index is 1.94. The van der Waals surface area contributed by atoms with E-state index in [9.17, 15) is 4.79 Å². The number of thiazole rings is 1. The average molecular weight is 349 g/mol. The van der Waals surface area contributed by atoms with Crippen molar-refractivity contribution >= 4 is 52.1 Å². The summed E-state index contributed by atoms with van der Waals surface area (Å²) in [6.45, 7) is 4.05. The fourth-order valence-electron chi connectivity index (χ4n) is 2.09. The lowest BCUT2D eigenvalue weighted by Gasteiger charge is -2.06. The number of fused-ring (bicyclic) bond motifs is 1. The van der Waals surface area contributed by atoms with E-state index in [1.165, 1.54) is 6.20 Å². The minimum absolute atomic E-state index is 0.196. The first kappa shape index (κ1) is 15.6. The molecule has 118 valence electrons. The topological polar surface area (TPSA) is 80.9 Å². The Morgan fingerprint density at radius 1 is 1.39 bits per heavy atom. The van der Waals surface area contributed by atoms with Gasteiger partial charge in [0.05, 0.1) is 12.4 Å². The predicted octanol–water partition coefficient (Wildman–Crippen LogP) is 3.99. The highest BCUT2D eigenvalue weighted by molar-refractivity contribution is 7.14. The van der Waals surface area contributed by atoms with Gasteiger partial charge in [-0.05, 0) is 32.1 Å². The third kappa shape index (κ3) is 3.11. The number of hydrogen-bond acceptors (Lipinski definition) is 5. The summed E-state index contributed by atoms with van der Waals surface area (Å²) in [5.41, 5.74) is 1.47. The first-order chi connectivity index (χ1) is 11.0. The van der Waals surface area contributed by atoms with Gasteiger partial charge in [-0.3, -0.25) is 0 Å². The molecular weight excluding hydrogens is 336 g/mol. The number of nitrogens with zero attached hydrogens (tertiary/aromatic N) is 4. The van der Waals surface area contributed by atoms with Crippen molar-refractivity contribution in [1.29, 1.82) is 0 Å². The van der Waals surface area contributed by atoms with Crippen LogP contribution in [0.5, 0.6) is 0 Å². The van der Waals surface area contributed by atoms with Gasteiger partial charge in [0.1, 0.15) is 15.0 Å². The number of aromatic carboxylic acids is 1. The molecule has 0 aromatic carbocycles. The van der Waals surface area contributed by atoms with Crippen LogP contribution >= 0.6 is 22.9 Å². The molecule has 6 nitrogen and oxygen atoms in total. The number of pyridine rings is 1. The van der Waals surface area contributed by atoms with Gasteiger partial charge in [0.2, 0.25) is 0 Å². The average Bonchev–Trinajstić information content (AvgIpc) is 3.10. The standard InChI is InChI=1S/C15H13ClN4O2S/c1-8(2)20-14-10(6-18-20)5-9(13(16)19-14)3-4-12-17-7-11(23-12)15(21)22/h3-8H,1-2H3,(H,21,22). The molecule has 8 heteroatoms. The van der Waals surface area contributed by atoms with Gasteiger partial charge in [-0.2, -0.15) is 5.10 Å². The van der Waals surface area contributed by atoms with E-state index in [-0.39, 0.29) is 10.9 Å². The molecular formula is C15H13ClN4O2S. The molecule has 1 N–H and O–H groups in total. The first-order valence-corrected chi connectivity index (χ1v) is 8.06. The van der Waals surface area contributed by atoms with E-state index in [0.29, 0.717) is 10.2 Å². The molecule has 3 rings (SSSR count). The lowest BCUT2D eigenvalue weighted by atomic mass is 10.2. The summed E-state index contributed by atoms with van der Waals surface area (Å²) < 4.78 is 1.81. The van der Waals surface area contributed by atoms with Gasteiger partial charge in [-0.15, -0.1) is 11.3 Å². The summed E-state index contributed by atoms with van der Waals surface area (Å²) in [6, 6.07) is 2.10. The molecule has 3 aromatic rings. The largest absolute Gasteiger partial charge is 0.477 e. The summed E-state index contributed by atoms with van der Waals surface area (Å²) in [6.07, 6.45) is 6.58. The summed E-state index contributed by atoms with van der Waals surface area (Å²) in [5, 5.41) is 15.1. The molecule has 23 heavy (non-hydrogen) atoms. The Bertz CT molecular complexity index is 913. The van der Waals surface area contributed by atoms with Crippen LogP contribution in [0.1, 0.15) is 40.1 Å². The second-order valence-corrected chi connectivity index (χ2v) is 6.59. The smallest absolute Gasteiger partial charge is 0.347 e. The molecule has 0 saturated heterocycles. The minimum Gasteiger partial charge on any atom is -0.477 e. The zero-order chi connectivity index (χ0) is 16.6. The molecule has 0 aliphatic heterocycles. The van der Waals surface area contributed by atoms with Crippen molar-refractivity contribution in [3.05, 3.63) is 39.1 Å². The summed E-state index contributed by atoms with van der Waals surface area (Å²) in [4.78, 5) is 19.5. The van der Waals surface area contributed by atoms with E-state index in [0.717, 1.165) is 27.9 Å². The van der Waals surface area contributed by atoms with E-state index in [4.69, 9.17) is 16.7 Å². The third-order valence-corrected chi connectivity index (χ3v) is 4.43. The van der Waals surface area contributed by atoms with Crippen molar-refractivity contribution in [3.63, 3.8) is 0 Å². The molecule has 0 fully saturated rings. The van der Waals surface area contributed by atoms with Crippen LogP contribution in [0.2, 0.25) is 5.15 Å². The van der Waals surface area contributed by atoms with E-state index >= 15 is 0 Å². The van der Waals surface area contributed by atoms with Gasteiger partial charge in [-0.1, -0.05) is 11.6 Å². The number of halogens is 1. The first-order valence-electron chi connectivity index (χ1n) is 6.86. The Morgan fingerprint density at radius 2 is 2.17 bits per heavy atom. The molecule has 0 saturated carbocycles. The Kier molecular flexibility index (Phi) is 4.14. The molecule has 0 bridgehead atoms. The molecule has 3 heterocycles. The lowest BCUT2D eigenvalue weighted by molar-refractivity contribution is 0.0702. The Labute approximate surface area is 141 Å². The maximum absolute atomic E-state index is 10.9. The zero-order valence-electron chi connectivity index (χ0n) is 12.4. The van der Waals surface area contributed by atoms with Crippen molar-refractivity contribution in [3.8, 4) is 0 Å². The number of carboxylic acids is 1. The second kappa shape index (κ2) is 6.10. The summed E-state index contributed by atoms with van der Waals surface area (Å²) in [7, 11) is 0. The number of carboxylic acid groups (broad SMARTS) is 1. The van der Waals surface area contributed by atoms with Crippen molar-refractivity contribution in [2.45, 2.75) is 19.9 Å². The summed E-state index contributed by atoms with van der Waals surface area (Å²) >= 11 is 7.34. The lowest BCUT2D eigenvalue weighted by Crippen LogP contribution is -2.03. The van der Waals surface area contributed by atoms with Crippen LogP contribution in [-0.2, 0) is 0 Å². The molecule has 0 aliphatic carbocycles. The Hall–Kier alpha value is -2.25. The number of carbonyl (C=O) groups is 1. The molecule has 0 radical (unpaired) electrons. The second-order valence-electron chi connectivity index (χ2n) is 5.17. The van der Waals surface area contributed by atoms with Crippen molar-refractivity contribution in [2.75, 3.05) is 0 Å². The highest BCUT2D eigenvalue weighted by Gasteiger charge is 2.11. The maximum Gasteiger partial charge on any atom is 0.347 e. The molecule has 0 atom stereocenters. The highest BCUT2D eigenvalue weighted by atomic mass is 35.5. The normalized spacial score (nSPS) is 11.8. The van der Waals surface area contributed by atoms with Crippen molar-refractivity contribution in [1.82, 2.24) is 19.7 Å². The van der Waals surface area contributed by atoms with Gasteiger partial charge >= 0.3 is 5.97 Å². The minimum atomic E-state index is -0.982. The molecule has 0 amide bonds. The molecule has 0 unspecified atom stereocenters. The highest BCUT2D eigenvalue weighted by Crippen LogP contribution is 2.24. The maximum atomic E-state index is 10.9. The number of hydrogen-bond donors (Lipinski definition) is 1. The van der Waals surface area contributed by atoms with Crippen molar-refractivity contribution < 1.29 is 9.90 Å². The monoisotopic (exact) mass is 348 g/mol. The van der Waals surface area contributed by atoms with E-state index in [1.807, 2.05) is 24.6 Å². The zero-order valence-corrected chi connectivity index (χ0v) is 14.0. The van der Waals surface area contributed by atoms with Crippen LogP contribution < -0.4 is 0 Å². The van der Waals surface area contributed by atoms with Crippen LogP contribution in [0.3, 0.4) is 0 Å². The van der Waals surface area contributed by atoms with Crippen LogP contribution in [0.15, 0.2) is 18.5 Å². The quantitative estimate of drug-likeness (QED) is 0.721. The van der Waals surface area contributed by atoms with E-state index < -0.39 is 5.97 Å². The van der Waals surface area contributed by atoms with Crippen LogP contribution in [-0.4, -0.2) is 30.8 Å². The van der Waals surface area contributed by atoms with Gasteiger partial charge in [-0.25, -0.2) is 19.4 Å². The van der Waals surface area contributed by atoms with Crippen molar-refractivity contribution in [2.24, 2.45) is 0 Å². The predicted molar refractivity (Wildman–Crippen MR) is 90.9 cm³/mol. The fourth-order valence-corrected chi connectivity index (χ4v) is 2.95. The third-order valence-electron chi connectivity index (χ3n) is 3.18.